The third-order valence-electron chi connectivity index (χ3n) is 2.56. The first-order chi connectivity index (χ1) is 9.72. The number of thiophene rings is 1. The minimum absolute atomic E-state index is 0.262. The normalized spacial score (nSPS) is 10.4. The average molecular weight is 349 g/mol. The highest BCUT2D eigenvalue weighted by Gasteiger charge is 2.08. The summed E-state index contributed by atoms with van der Waals surface area (Å²) >= 11 is 4.82. The van der Waals surface area contributed by atoms with Gasteiger partial charge in [0.1, 0.15) is 0 Å². The van der Waals surface area contributed by atoms with Crippen LogP contribution >= 0.6 is 27.3 Å². The molecule has 0 atom stereocenters. The first-order valence-corrected chi connectivity index (χ1v) is 7.43. The second-order valence-corrected chi connectivity index (χ2v) is 5.82. The van der Waals surface area contributed by atoms with Gasteiger partial charge in [0.25, 0.3) is 5.56 Å². The van der Waals surface area contributed by atoms with Gasteiger partial charge in [0.15, 0.2) is 5.69 Å². The smallest absolute Gasteiger partial charge is 0.280 e. The Balaban J connectivity index is 1.87. The van der Waals surface area contributed by atoms with E-state index < -0.39 is 0 Å². The van der Waals surface area contributed by atoms with Crippen LogP contribution in [-0.4, -0.2) is 15.2 Å². The van der Waals surface area contributed by atoms with Crippen molar-refractivity contribution in [3.8, 4) is 10.6 Å². The van der Waals surface area contributed by atoms with Crippen molar-refractivity contribution in [3.05, 3.63) is 56.6 Å². The molecule has 0 saturated carbocycles. The molecule has 0 aliphatic carbocycles. The number of aromatic amines is 1. The summed E-state index contributed by atoms with van der Waals surface area (Å²) in [5, 5.41) is 12.9. The fourth-order valence-corrected chi connectivity index (χ4v) is 2.61. The summed E-state index contributed by atoms with van der Waals surface area (Å²) in [5.41, 5.74) is 0.894. The lowest BCUT2D eigenvalue weighted by atomic mass is 10.3. The summed E-state index contributed by atoms with van der Waals surface area (Å²) in [6, 6.07) is 11.2. The molecule has 0 aliphatic rings. The molecule has 0 unspecified atom stereocenters. The van der Waals surface area contributed by atoms with E-state index in [-0.39, 0.29) is 5.56 Å². The maximum absolute atomic E-state index is 12.0. The Kier molecular flexibility index (Phi) is 3.62. The molecule has 2 heterocycles. The maximum atomic E-state index is 12.0. The molecule has 0 fully saturated rings. The Hall–Kier alpha value is -1.99. The lowest BCUT2D eigenvalue weighted by Crippen LogP contribution is -2.15. The van der Waals surface area contributed by atoms with Crippen molar-refractivity contribution in [2.75, 3.05) is 5.32 Å². The van der Waals surface area contributed by atoms with E-state index in [0.717, 1.165) is 15.0 Å². The topological polar surface area (TPSA) is 70.7 Å². The summed E-state index contributed by atoms with van der Waals surface area (Å²) in [5.74, 6) is 0.317. The van der Waals surface area contributed by atoms with Gasteiger partial charge in [0.2, 0.25) is 5.95 Å². The number of benzene rings is 1. The monoisotopic (exact) mass is 348 g/mol. The summed E-state index contributed by atoms with van der Waals surface area (Å²) < 4.78 is 0.982. The van der Waals surface area contributed by atoms with Gasteiger partial charge >= 0.3 is 0 Å². The molecule has 2 aromatic heterocycles. The fraction of sp³-hybridized carbons (Fsp3) is 0. The zero-order valence-corrected chi connectivity index (χ0v) is 12.5. The molecule has 3 aromatic rings. The molecule has 0 spiro atoms. The van der Waals surface area contributed by atoms with Crippen LogP contribution in [-0.2, 0) is 0 Å². The SMILES string of the molecule is O=c1[nH]c(Nc2ccc(Br)cc2)nnc1-c1cccs1. The predicted octanol–water partition coefficient (Wildman–Crippen LogP) is 3.40. The number of H-pyrrole nitrogens is 1. The third kappa shape index (κ3) is 2.78. The number of hydrogen-bond acceptors (Lipinski definition) is 5. The Morgan fingerprint density at radius 3 is 2.60 bits per heavy atom. The van der Waals surface area contributed by atoms with E-state index >= 15 is 0 Å². The van der Waals surface area contributed by atoms with E-state index in [1.54, 1.807) is 0 Å². The Morgan fingerprint density at radius 1 is 1.15 bits per heavy atom. The highest BCUT2D eigenvalue weighted by Crippen LogP contribution is 2.19. The molecule has 0 radical (unpaired) electrons. The fourth-order valence-electron chi connectivity index (χ4n) is 1.64. The van der Waals surface area contributed by atoms with Crippen molar-refractivity contribution < 1.29 is 0 Å². The standard InChI is InChI=1S/C13H9BrN4OS/c14-8-3-5-9(6-4-8)15-13-16-12(19)11(17-18-13)10-2-1-7-20-10/h1-7H,(H2,15,16,18,19). The zero-order chi connectivity index (χ0) is 13.9. The minimum atomic E-state index is -0.262. The van der Waals surface area contributed by atoms with Crippen molar-refractivity contribution in [1.29, 1.82) is 0 Å². The van der Waals surface area contributed by atoms with Crippen LogP contribution in [0, 0.1) is 0 Å². The third-order valence-corrected chi connectivity index (χ3v) is 3.96. The molecule has 2 N–H and O–H groups in total. The van der Waals surface area contributed by atoms with Gasteiger partial charge in [-0.1, -0.05) is 22.0 Å². The number of rotatable bonds is 3. The van der Waals surface area contributed by atoms with Crippen molar-refractivity contribution >= 4 is 38.9 Å². The summed E-state index contributed by atoms with van der Waals surface area (Å²) in [6.45, 7) is 0. The van der Waals surface area contributed by atoms with E-state index in [2.05, 4.69) is 36.4 Å². The van der Waals surface area contributed by atoms with Gasteiger partial charge in [0.05, 0.1) is 4.88 Å². The number of halogens is 1. The first-order valence-electron chi connectivity index (χ1n) is 5.76. The Morgan fingerprint density at radius 2 is 1.95 bits per heavy atom. The number of nitrogens with zero attached hydrogens (tertiary/aromatic N) is 2. The van der Waals surface area contributed by atoms with E-state index in [1.807, 2.05) is 41.8 Å². The van der Waals surface area contributed by atoms with E-state index in [9.17, 15) is 4.79 Å². The van der Waals surface area contributed by atoms with E-state index in [0.29, 0.717) is 11.6 Å². The lowest BCUT2D eigenvalue weighted by molar-refractivity contribution is 0.964. The molecule has 1 aromatic carbocycles. The van der Waals surface area contributed by atoms with Gasteiger partial charge in [-0.25, -0.2) is 0 Å². The average Bonchev–Trinajstić information content (AvgIpc) is 2.95. The minimum Gasteiger partial charge on any atom is -0.324 e. The van der Waals surface area contributed by atoms with Gasteiger partial charge in [-0.05, 0) is 35.7 Å². The van der Waals surface area contributed by atoms with Crippen LogP contribution in [0.2, 0.25) is 0 Å². The summed E-state index contributed by atoms with van der Waals surface area (Å²) in [7, 11) is 0. The van der Waals surface area contributed by atoms with Crippen LogP contribution in [0.15, 0.2) is 51.0 Å². The van der Waals surface area contributed by atoms with Crippen molar-refractivity contribution in [1.82, 2.24) is 15.2 Å². The van der Waals surface area contributed by atoms with Crippen LogP contribution in [0.3, 0.4) is 0 Å². The lowest BCUT2D eigenvalue weighted by Gasteiger charge is -2.04. The van der Waals surface area contributed by atoms with Gasteiger partial charge < -0.3 is 5.32 Å². The molecule has 7 heteroatoms. The van der Waals surface area contributed by atoms with Crippen molar-refractivity contribution in [3.63, 3.8) is 0 Å². The first kappa shape index (κ1) is 13.0. The molecule has 3 rings (SSSR count). The van der Waals surface area contributed by atoms with Crippen LogP contribution in [0.1, 0.15) is 0 Å². The van der Waals surface area contributed by atoms with Gasteiger partial charge in [0, 0.05) is 10.2 Å². The van der Waals surface area contributed by atoms with E-state index in [1.165, 1.54) is 11.3 Å². The molecule has 5 nitrogen and oxygen atoms in total. The van der Waals surface area contributed by atoms with Crippen molar-refractivity contribution in [2.45, 2.75) is 0 Å². The summed E-state index contributed by atoms with van der Waals surface area (Å²) in [4.78, 5) is 15.5. The molecular formula is C13H9BrN4OS. The van der Waals surface area contributed by atoms with Crippen LogP contribution in [0.4, 0.5) is 11.6 Å². The largest absolute Gasteiger partial charge is 0.324 e. The van der Waals surface area contributed by atoms with Crippen LogP contribution < -0.4 is 10.9 Å². The Bertz CT molecular complexity index is 768. The quantitative estimate of drug-likeness (QED) is 0.760. The number of aromatic nitrogens is 3. The molecule has 0 aliphatic heterocycles. The second kappa shape index (κ2) is 5.56. The van der Waals surface area contributed by atoms with Crippen LogP contribution in [0.25, 0.3) is 10.6 Å². The van der Waals surface area contributed by atoms with Gasteiger partial charge in [-0.15, -0.1) is 21.5 Å². The number of nitrogens with one attached hydrogen (secondary N) is 2. The van der Waals surface area contributed by atoms with Crippen molar-refractivity contribution in [2.24, 2.45) is 0 Å². The maximum Gasteiger partial charge on any atom is 0.280 e. The van der Waals surface area contributed by atoms with E-state index in [4.69, 9.17) is 0 Å². The van der Waals surface area contributed by atoms with Gasteiger partial charge in [-0.2, -0.15) is 0 Å². The Labute approximate surface area is 126 Å². The van der Waals surface area contributed by atoms with Gasteiger partial charge in [-0.3, -0.25) is 9.78 Å². The molecule has 100 valence electrons. The molecule has 0 amide bonds. The van der Waals surface area contributed by atoms with Crippen LogP contribution in [0.5, 0.6) is 0 Å². The molecule has 0 bridgehead atoms. The summed E-state index contributed by atoms with van der Waals surface area (Å²) in [6.07, 6.45) is 0. The number of anilines is 2. The molecule has 0 saturated heterocycles. The highest BCUT2D eigenvalue weighted by molar-refractivity contribution is 9.10. The predicted molar refractivity (Wildman–Crippen MR) is 83.4 cm³/mol. The molecular weight excluding hydrogens is 340 g/mol. The molecule has 20 heavy (non-hydrogen) atoms. The second-order valence-electron chi connectivity index (χ2n) is 3.96. The highest BCUT2D eigenvalue weighted by atomic mass is 79.9. The number of hydrogen-bond donors (Lipinski definition) is 2. The zero-order valence-electron chi connectivity index (χ0n) is 10.1.